The third-order valence-electron chi connectivity index (χ3n) is 5.55. The van der Waals surface area contributed by atoms with Crippen LogP contribution in [0.3, 0.4) is 0 Å². The highest BCUT2D eigenvalue weighted by Gasteiger charge is 2.41. The van der Waals surface area contributed by atoms with Crippen LogP contribution in [-0.2, 0) is 9.59 Å². The molecule has 3 amide bonds. The fourth-order valence-electron chi connectivity index (χ4n) is 3.93. The number of nitrogens with zero attached hydrogens (tertiary/aromatic N) is 3. The van der Waals surface area contributed by atoms with Crippen LogP contribution in [0.1, 0.15) is 44.0 Å². The van der Waals surface area contributed by atoms with Gasteiger partial charge in [0.2, 0.25) is 11.8 Å². The van der Waals surface area contributed by atoms with Crippen LogP contribution in [0.5, 0.6) is 0 Å². The van der Waals surface area contributed by atoms with Crippen LogP contribution in [0.4, 0.5) is 0 Å². The van der Waals surface area contributed by atoms with Gasteiger partial charge >= 0.3 is 0 Å². The molecule has 158 valence electrons. The second kappa shape index (κ2) is 8.52. The maximum Gasteiger partial charge on any atom is 0.253 e. The molecule has 0 spiro atoms. The Kier molecular flexibility index (Phi) is 6.44. The van der Waals surface area contributed by atoms with Crippen molar-refractivity contribution in [3.8, 4) is 0 Å². The molecule has 0 aromatic heterocycles. The van der Waals surface area contributed by atoms with E-state index in [-0.39, 0.29) is 35.6 Å². The first-order valence-electron chi connectivity index (χ1n) is 9.91. The van der Waals surface area contributed by atoms with Crippen LogP contribution in [0.2, 0.25) is 10.0 Å². The third-order valence-corrected chi connectivity index (χ3v) is 6.28. The van der Waals surface area contributed by atoms with Crippen molar-refractivity contribution in [1.82, 2.24) is 14.7 Å². The molecule has 29 heavy (non-hydrogen) atoms. The molecule has 1 unspecified atom stereocenters. The van der Waals surface area contributed by atoms with E-state index in [0.717, 1.165) is 0 Å². The predicted octanol–water partition coefficient (Wildman–Crippen LogP) is 3.31. The highest BCUT2D eigenvalue weighted by Crippen LogP contribution is 2.28. The average Bonchev–Trinajstić information content (AvgIpc) is 2.90. The number of halogens is 2. The van der Waals surface area contributed by atoms with Crippen molar-refractivity contribution < 1.29 is 14.4 Å². The van der Waals surface area contributed by atoms with Crippen LogP contribution in [0.15, 0.2) is 18.2 Å². The lowest BCUT2D eigenvalue weighted by molar-refractivity contribution is -0.135. The first-order valence-corrected chi connectivity index (χ1v) is 10.7. The molecular formula is C21H27Cl2N3O3. The molecule has 3 rings (SSSR count). The lowest BCUT2D eigenvalue weighted by Crippen LogP contribution is -2.44. The molecule has 0 N–H and O–H groups in total. The van der Waals surface area contributed by atoms with Crippen LogP contribution < -0.4 is 0 Å². The van der Waals surface area contributed by atoms with E-state index < -0.39 is 0 Å². The summed E-state index contributed by atoms with van der Waals surface area (Å²) in [4.78, 5) is 43.5. The number of hydrogen-bond acceptors (Lipinski definition) is 3. The number of carbonyl (C=O) groups excluding carboxylic acids is 3. The van der Waals surface area contributed by atoms with E-state index in [9.17, 15) is 14.4 Å². The van der Waals surface area contributed by atoms with Crippen molar-refractivity contribution >= 4 is 40.9 Å². The molecule has 2 saturated heterocycles. The zero-order valence-corrected chi connectivity index (χ0v) is 18.6. The van der Waals surface area contributed by atoms with Gasteiger partial charge in [-0.1, -0.05) is 23.2 Å². The Morgan fingerprint density at radius 1 is 1.00 bits per heavy atom. The summed E-state index contributed by atoms with van der Waals surface area (Å²) >= 11 is 12.0. The molecule has 1 aromatic carbocycles. The Labute approximate surface area is 181 Å². The summed E-state index contributed by atoms with van der Waals surface area (Å²) in [6.45, 7) is 8.48. The van der Waals surface area contributed by atoms with Crippen molar-refractivity contribution in [3.05, 3.63) is 33.8 Å². The Hall–Kier alpha value is -1.79. The summed E-state index contributed by atoms with van der Waals surface area (Å²) in [6.07, 6.45) is 0.959. The maximum atomic E-state index is 13.0. The molecular weight excluding hydrogens is 413 g/mol. The van der Waals surface area contributed by atoms with Crippen molar-refractivity contribution in [2.24, 2.45) is 5.92 Å². The van der Waals surface area contributed by atoms with Crippen molar-refractivity contribution in [1.29, 1.82) is 0 Å². The zero-order valence-electron chi connectivity index (χ0n) is 17.1. The number of hydrogen-bond donors (Lipinski definition) is 0. The van der Waals surface area contributed by atoms with E-state index >= 15 is 0 Å². The molecule has 1 atom stereocenters. The number of benzene rings is 1. The molecule has 2 heterocycles. The van der Waals surface area contributed by atoms with E-state index in [1.165, 1.54) is 0 Å². The minimum Gasteiger partial charge on any atom is -0.341 e. The highest BCUT2D eigenvalue weighted by molar-refractivity contribution is 6.42. The van der Waals surface area contributed by atoms with Gasteiger partial charge in [0, 0.05) is 50.2 Å². The van der Waals surface area contributed by atoms with Gasteiger partial charge in [-0.2, -0.15) is 0 Å². The highest BCUT2D eigenvalue weighted by atomic mass is 35.5. The van der Waals surface area contributed by atoms with Gasteiger partial charge in [0.25, 0.3) is 5.91 Å². The minimum absolute atomic E-state index is 0.00827. The van der Waals surface area contributed by atoms with Gasteiger partial charge in [-0.15, -0.1) is 0 Å². The monoisotopic (exact) mass is 439 g/mol. The standard InChI is InChI=1S/C21H27Cl2N3O3/c1-21(2,3)26-13-15(12-18(26)27)20(29)25-8-4-7-24(9-10-25)19(28)14-5-6-16(22)17(23)11-14/h5-6,11,15H,4,7-10,12-13H2,1-3H3. The number of rotatable bonds is 2. The molecule has 2 aliphatic heterocycles. The fourth-order valence-corrected chi connectivity index (χ4v) is 4.23. The lowest BCUT2D eigenvalue weighted by Gasteiger charge is -2.32. The number of likely N-dealkylation sites (tertiary alicyclic amines) is 1. The summed E-state index contributed by atoms with van der Waals surface area (Å²) in [7, 11) is 0. The smallest absolute Gasteiger partial charge is 0.253 e. The summed E-state index contributed by atoms with van der Waals surface area (Å²) in [6, 6.07) is 4.85. The number of carbonyl (C=O) groups is 3. The quantitative estimate of drug-likeness (QED) is 0.709. The Bertz CT molecular complexity index is 822. The van der Waals surface area contributed by atoms with E-state index in [1.54, 1.807) is 32.9 Å². The van der Waals surface area contributed by atoms with Crippen molar-refractivity contribution in [3.63, 3.8) is 0 Å². The lowest BCUT2D eigenvalue weighted by atomic mass is 10.1. The van der Waals surface area contributed by atoms with E-state index in [0.29, 0.717) is 54.8 Å². The molecule has 0 aliphatic carbocycles. The molecule has 1 aromatic rings. The van der Waals surface area contributed by atoms with Crippen LogP contribution >= 0.6 is 23.2 Å². The first kappa shape index (κ1) is 21.9. The van der Waals surface area contributed by atoms with Crippen LogP contribution in [0.25, 0.3) is 0 Å². The topological polar surface area (TPSA) is 60.9 Å². The summed E-state index contributed by atoms with van der Waals surface area (Å²) in [5.41, 5.74) is 0.204. The average molecular weight is 440 g/mol. The molecule has 0 saturated carbocycles. The molecule has 8 heteroatoms. The molecule has 0 bridgehead atoms. The predicted molar refractivity (Wildman–Crippen MR) is 113 cm³/mol. The Morgan fingerprint density at radius 3 is 2.28 bits per heavy atom. The summed E-state index contributed by atoms with van der Waals surface area (Å²) < 4.78 is 0. The van der Waals surface area contributed by atoms with E-state index in [2.05, 4.69) is 0 Å². The van der Waals surface area contributed by atoms with Gasteiger partial charge in [0.05, 0.1) is 16.0 Å². The van der Waals surface area contributed by atoms with Gasteiger partial charge in [-0.3, -0.25) is 14.4 Å². The van der Waals surface area contributed by atoms with Gasteiger partial charge in [0.15, 0.2) is 0 Å². The van der Waals surface area contributed by atoms with E-state index in [1.807, 2.05) is 20.8 Å². The van der Waals surface area contributed by atoms with E-state index in [4.69, 9.17) is 23.2 Å². The first-order chi connectivity index (χ1) is 13.6. The minimum atomic E-state index is -0.306. The Morgan fingerprint density at radius 2 is 1.66 bits per heavy atom. The van der Waals surface area contributed by atoms with Crippen LogP contribution in [-0.4, -0.2) is 70.7 Å². The molecule has 2 fully saturated rings. The molecule has 6 nitrogen and oxygen atoms in total. The van der Waals surface area contributed by atoms with Gasteiger partial charge < -0.3 is 14.7 Å². The number of amides is 3. The normalized spacial score (nSPS) is 20.8. The third kappa shape index (κ3) is 4.86. The van der Waals surface area contributed by atoms with Gasteiger partial charge in [0.1, 0.15) is 0 Å². The zero-order chi connectivity index (χ0) is 21.3. The Balaban J connectivity index is 1.62. The largest absolute Gasteiger partial charge is 0.341 e. The molecule has 0 radical (unpaired) electrons. The second-order valence-corrected chi connectivity index (χ2v) is 9.49. The van der Waals surface area contributed by atoms with Gasteiger partial charge in [-0.05, 0) is 45.4 Å². The van der Waals surface area contributed by atoms with Crippen molar-refractivity contribution in [2.45, 2.75) is 39.2 Å². The van der Waals surface area contributed by atoms with Crippen LogP contribution in [0, 0.1) is 5.92 Å². The second-order valence-electron chi connectivity index (χ2n) is 8.68. The fraction of sp³-hybridized carbons (Fsp3) is 0.571. The molecule has 2 aliphatic rings. The SMILES string of the molecule is CC(C)(C)N1CC(C(=O)N2CCCN(C(=O)c3ccc(Cl)c(Cl)c3)CC2)CC1=O. The van der Waals surface area contributed by atoms with Crippen molar-refractivity contribution in [2.75, 3.05) is 32.7 Å². The maximum absolute atomic E-state index is 13.0. The van der Waals surface area contributed by atoms with Gasteiger partial charge in [-0.25, -0.2) is 0 Å². The summed E-state index contributed by atoms with van der Waals surface area (Å²) in [5, 5.41) is 0.754. The summed E-state index contributed by atoms with van der Waals surface area (Å²) in [5.74, 6) is -0.386.